The van der Waals surface area contributed by atoms with Gasteiger partial charge in [0.05, 0.1) is 0 Å². The molecular formula is C14H20N2S. The van der Waals surface area contributed by atoms with Crippen LogP contribution in [0, 0.1) is 11.8 Å². The molecule has 1 aliphatic heterocycles. The summed E-state index contributed by atoms with van der Waals surface area (Å²) in [5.74, 6) is 1.47. The van der Waals surface area contributed by atoms with Crippen LogP contribution in [0.4, 0.5) is 5.69 Å². The van der Waals surface area contributed by atoms with Crippen molar-refractivity contribution in [2.24, 2.45) is 17.6 Å². The third kappa shape index (κ3) is 2.78. The van der Waals surface area contributed by atoms with E-state index in [2.05, 4.69) is 30.9 Å². The van der Waals surface area contributed by atoms with E-state index in [0.717, 1.165) is 30.5 Å². The number of anilines is 1. The van der Waals surface area contributed by atoms with E-state index in [1.165, 1.54) is 12.1 Å². The number of benzene rings is 1. The third-order valence-electron chi connectivity index (χ3n) is 3.38. The molecule has 3 heteroatoms. The van der Waals surface area contributed by atoms with E-state index in [1.54, 1.807) is 0 Å². The van der Waals surface area contributed by atoms with Crippen molar-refractivity contribution in [3.8, 4) is 0 Å². The second-order valence-corrected chi connectivity index (χ2v) is 5.67. The first-order valence-electron chi connectivity index (χ1n) is 6.21. The molecule has 92 valence electrons. The quantitative estimate of drug-likeness (QED) is 0.816. The van der Waals surface area contributed by atoms with Gasteiger partial charge in [0, 0.05) is 24.3 Å². The first-order chi connectivity index (χ1) is 8.08. The highest BCUT2D eigenvalue weighted by Gasteiger charge is 2.23. The van der Waals surface area contributed by atoms with E-state index in [1.807, 2.05) is 12.1 Å². The summed E-state index contributed by atoms with van der Waals surface area (Å²) in [4.78, 5) is 2.92. The first-order valence-corrected chi connectivity index (χ1v) is 6.62. The van der Waals surface area contributed by atoms with Crippen LogP contribution in [0.5, 0.6) is 0 Å². The molecule has 1 aromatic carbocycles. The lowest BCUT2D eigenvalue weighted by molar-refractivity contribution is 0.357. The zero-order valence-electron chi connectivity index (χ0n) is 10.5. The van der Waals surface area contributed by atoms with Crippen LogP contribution < -0.4 is 10.6 Å². The normalized spacial score (nSPS) is 24.7. The van der Waals surface area contributed by atoms with Gasteiger partial charge in [0.25, 0.3) is 0 Å². The molecule has 0 radical (unpaired) electrons. The molecule has 2 unspecified atom stereocenters. The largest absolute Gasteiger partial charge is 0.389 e. The highest BCUT2D eigenvalue weighted by atomic mass is 32.1. The maximum Gasteiger partial charge on any atom is 0.106 e. The molecule has 1 fully saturated rings. The molecule has 2 N–H and O–H groups in total. The average molecular weight is 248 g/mol. The molecule has 2 rings (SSSR count). The van der Waals surface area contributed by atoms with Gasteiger partial charge in [-0.15, -0.1) is 0 Å². The van der Waals surface area contributed by atoms with E-state index in [9.17, 15) is 0 Å². The van der Waals surface area contributed by atoms with Gasteiger partial charge in [-0.05, 0) is 30.4 Å². The van der Waals surface area contributed by atoms with Gasteiger partial charge >= 0.3 is 0 Å². The fourth-order valence-electron chi connectivity index (χ4n) is 2.82. The van der Waals surface area contributed by atoms with Gasteiger partial charge < -0.3 is 10.6 Å². The lowest BCUT2D eigenvalue weighted by atomic mass is 9.91. The van der Waals surface area contributed by atoms with E-state index in [0.29, 0.717) is 4.99 Å². The lowest BCUT2D eigenvalue weighted by Crippen LogP contribution is -2.39. The van der Waals surface area contributed by atoms with Crippen LogP contribution in [0.15, 0.2) is 24.3 Å². The zero-order valence-corrected chi connectivity index (χ0v) is 11.3. The lowest BCUT2D eigenvalue weighted by Gasteiger charge is -2.37. The predicted molar refractivity (Wildman–Crippen MR) is 77.5 cm³/mol. The van der Waals surface area contributed by atoms with Gasteiger partial charge in [-0.1, -0.05) is 38.2 Å². The van der Waals surface area contributed by atoms with Gasteiger partial charge in [-0.2, -0.15) is 0 Å². The average Bonchev–Trinajstić information content (AvgIpc) is 2.27. The Hall–Kier alpha value is -1.09. The van der Waals surface area contributed by atoms with E-state index >= 15 is 0 Å². The summed E-state index contributed by atoms with van der Waals surface area (Å²) in [6.07, 6.45) is 1.31. The topological polar surface area (TPSA) is 29.3 Å². The Labute approximate surface area is 109 Å². The van der Waals surface area contributed by atoms with E-state index < -0.39 is 0 Å². The number of rotatable bonds is 2. The van der Waals surface area contributed by atoms with Crippen molar-refractivity contribution in [1.29, 1.82) is 0 Å². The van der Waals surface area contributed by atoms with Crippen LogP contribution in [-0.4, -0.2) is 18.1 Å². The minimum atomic E-state index is 0.492. The molecule has 0 bridgehead atoms. The van der Waals surface area contributed by atoms with Crippen molar-refractivity contribution >= 4 is 22.9 Å². The number of nitrogens with zero attached hydrogens (tertiary/aromatic N) is 1. The van der Waals surface area contributed by atoms with Crippen LogP contribution in [-0.2, 0) is 0 Å². The molecule has 17 heavy (non-hydrogen) atoms. The molecule has 0 spiro atoms. The minimum absolute atomic E-state index is 0.492. The van der Waals surface area contributed by atoms with Crippen LogP contribution in [0.1, 0.15) is 25.8 Å². The van der Waals surface area contributed by atoms with Crippen molar-refractivity contribution in [3.05, 3.63) is 29.8 Å². The highest BCUT2D eigenvalue weighted by molar-refractivity contribution is 7.80. The Kier molecular flexibility index (Phi) is 3.67. The Morgan fingerprint density at radius 3 is 2.41 bits per heavy atom. The van der Waals surface area contributed by atoms with Crippen molar-refractivity contribution in [2.45, 2.75) is 20.3 Å². The summed E-state index contributed by atoms with van der Waals surface area (Å²) in [6.45, 7) is 6.83. The van der Waals surface area contributed by atoms with Gasteiger partial charge in [-0.3, -0.25) is 0 Å². The second kappa shape index (κ2) is 5.05. The van der Waals surface area contributed by atoms with Gasteiger partial charge in [-0.25, -0.2) is 0 Å². The molecular weight excluding hydrogens is 228 g/mol. The maximum absolute atomic E-state index is 5.80. The van der Waals surface area contributed by atoms with Crippen LogP contribution >= 0.6 is 12.2 Å². The third-order valence-corrected chi connectivity index (χ3v) is 3.60. The second-order valence-electron chi connectivity index (χ2n) is 5.23. The monoisotopic (exact) mass is 248 g/mol. The van der Waals surface area contributed by atoms with Crippen molar-refractivity contribution in [2.75, 3.05) is 18.0 Å². The standard InChI is InChI=1S/C14H20N2S/c1-10-7-11(2)9-16(8-10)13-6-4-3-5-12(13)14(15)17/h3-6,10-11H,7-9H2,1-2H3,(H2,15,17). The molecule has 0 aromatic heterocycles. The summed E-state index contributed by atoms with van der Waals surface area (Å²) >= 11 is 5.13. The number of para-hydroxylation sites is 1. The number of piperidine rings is 1. The molecule has 1 aliphatic rings. The van der Waals surface area contributed by atoms with Crippen molar-refractivity contribution < 1.29 is 0 Å². The van der Waals surface area contributed by atoms with Gasteiger partial charge in [0.1, 0.15) is 4.99 Å². The maximum atomic E-state index is 5.80. The molecule has 0 amide bonds. The molecule has 0 saturated carbocycles. The zero-order chi connectivity index (χ0) is 12.4. The Morgan fingerprint density at radius 2 is 1.82 bits per heavy atom. The molecule has 1 aromatic rings. The van der Waals surface area contributed by atoms with Crippen molar-refractivity contribution in [3.63, 3.8) is 0 Å². The van der Waals surface area contributed by atoms with Crippen molar-refractivity contribution in [1.82, 2.24) is 0 Å². The molecule has 0 aliphatic carbocycles. The summed E-state index contributed by atoms with van der Waals surface area (Å²) in [7, 11) is 0. The van der Waals surface area contributed by atoms with E-state index in [-0.39, 0.29) is 0 Å². The SMILES string of the molecule is CC1CC(C)CN(c2ccccc2C(N)=S)C1. The Bertz CT molecular complexity index is 406. The number of hydrogen-bond donors (Lipinski definition) is 1. The van der Waals surface area contributed by atoms with Gasteiger partial charge in [0.15, 0.2) is 0 Å². The first kappa shape index (κ1) is 12.4. The summed E-state index contributed by atoms with van der Waals surface area (Å²) in [5.41, 5.74) is 7.99. The Balaban J connectivity index is 2.30. The van der Waals surface area contributed by atoms with Crippen LogP contribution in [0.2, 0.25) is 0 Å². The smallest absolute Gasteiger partial charge is 0.106 e. The van der Waals surface area contributed by atoms with E-state index in [4.69, 9.17) is 18.0 Å². The predicted octanol–water partition coefficient (Wildman–Crippen LogP) is 2.80. The fourth-order valence-corrected chi connectivity index (χ4v) is 2.99. The Morgan fingerprint density at radius 1 is 1.24 bits per heavy atom. The molecule has 1 saturated heterocycles. The number of nitrogens with two attached hydrogens (primary N) is 1. The number of hydrogen-bond acceptors (Lipinski definition) is 2. The molecule has 1 heterocycles. The van der Waals surface area contributed by atoms with Crippen LogP contribution in [0.3, 0.4) is 0 Å². The highest BCUT2D eigenvalue weighted by Crippen LogP contribution is 2.28. The number of thiocarbonyl (C=S) groups is 1. The molecule has 2 nitrogen and oxygen atoms in total. The van der Waals surface area contributed by atoms with Crippen LogP contribution in [0.25, 0.3) is 0 Å². The minimum Gasteiger partial charge on any atom is -0.389 e. The fraction of sp³-hybridized carbons (Fsp3) is 0.500. The van der Waals surface area contributed by atoms with Gasteiger partial charge in [0.2, 0.25) is 0 Å². The molecule has 2 atom stereocenters. The summed E-state index contributed by atoms with van der Waals surface area (Å²) in [5, 5.41) is 0. The summed E-state index contributed by atoms with van der Waals surface area (Å²) in [6, 6.07) is 8.19. The summed E-state index contributed by atoms with van der Waals surface area (Å²) < 4.78 is 0.